The minimum Gasteiger partial charge on any atom is -0.289 e. The summed E-state index contributed by atoms with van der Waals surface area (Å²) in [6.45, 7) is 0. The Morgan fingerprint density at radius 2 is 0.923 bits per heavy atom. The Bertz CT molecular complexity index is 864. The van der Waals surface area contributed by atoms with Gasteiger partial charge in [0.15, 0.2) is 11.6 Å². The van der Waals surface area contributed by atoms with Crippen LogP contribution in [0.25, 0.3) is 12.2 Å². The van der Waals surface area contributed by atoms with Crippen molar-refractivity contribution in [3.63, 3.8) is 0 Å². The van der Waals surface area contributed by atoms with E-state index in [2.05, 4.69) is 9.97 Å². The Balaban J connectivity index is 1.63. The second-order valence-electron chi connectivity index (χ2n) is 5.53. The molecule has 0 aliphatic heterocycles. The highest BCUT2D eigenvalue weighted by atomic mass is 16.1. The molecule has 3 aromatic rings. The number of pyridine rings is 2. The summed E-state index contributed by atoms with van der Waals surface area (Å²) >= 11 is 0. The van der Waals surface area contributed by atoms with Crippen LogP contribution in [-0.4, -0.2) is 21.5 Å². The summed E-state index contributed by atoms with van der Waals surface area (Å²) in [6, 6.07) is 14.3. The predicted molar refractivity (Wildman–Crippen MR) is 102 cm³/mol. The molecule has 0 unspecified atom stereocenters. The minimum atomic E-state index is -0.0701. The van der Waals surface area contributed by atoms with Crippen molar-refractivity contribution in [3.05, 3.63) is 108 Å². The third-order valence-electron chi connectivity index (χ3n) is 3.72. The average Bonchev–Trinajstić information content (AvgIpc) is 2.72. The molecule has 0 N–H and O–H groups in total. The molecule has 26 heavy (non-hydrogen) atoms. The first-order chi connectivity index (χ1) is 12.7. The topological polar surface area (TPSA) is 59.9 Å². The van der Waals surface area contributed by atoms with Crippen LogP contribution in [0.3, 0.4) is 0 Å². The molecule has 0 amide bonds. The summed E-state index contributed by atoms with van der Waals surface area (Å²) in [6.07, 6.45) is 13.0. The van der Waals surface area contributed by atoms with Gasteiger partial charge in [-0.15, -0.1) is 0 Å². The van der Waals surface area contributed by atoms with E-state index in [4.69, 9.17) is 0 Å². The van der Waals surface area contributed by atoms with E-state index in [-0.39, 0.29) is 11.6 Å². The van der Waals surface area contributed by atoms with Gasteiger partial charge in [-0.2, -0.15) is 0 Å². The van der Waals surface area contributed by atoms with Crippen LogP contribution in [0.5, 0.6) is 0 Å². The zero-order valence-corrected chi connectivity index (χ0v) is 13.9. The summed E-state index contributed by atoms with van der Waals surface area (Å²) in [5, 5.41) is 0. The zero-order chi connectivity index (χ0) is 18.2. The SMILES string of the molecule is O=C(C=Cc1ccc(C=CC(=O)c2ccncc2)cc1)c1ccncc1. The number of allylic oxidation sites excluding steroid dienone is 2. The molecular weight excluding hydrogens is 324 g/mol. The van der Waals surface area contributed by atoms with Gasteiger partial charge in [-0.1, -0.05) is 36.4 Å². The fraction of sp³-hybridized carbons (Fsp3) is 0. The fourth-order valence-corrected chi connectivity index (χ4v) is 2.29. The van der Waals surface area contributed by atoms with Gasteiger partial charge in [0, 0.05) is 35.9 Å². The molecule has 0 bridgehead atoms. The van der Waals surface area contributed by atoms with Crippen molar-refractivity contribution in [3.8, 4) is 0 Å². The van der Waals surface area contributed by atoms with Gasteiger partial charge in [0.1, 0.15) is 0 Å². The predicted octanol–water partition coefficient (Wildman–Crippen LogP) is 4.27. The molecule has 0 spiro atoms. The van der Waals surface area contributed by atoms with Crippen LogP contribution in [0, 0.1) is 0 Å². The second-order valence-corrected chi connectivity index (χ2v) is 5.53. The lowest BCUT2D eigenvalue weighted by molar-refractivity contribution is 0.103. The van der Waals surface area contributed by atoms with Gasteiger partial charge in [-0.25, -0.2) is 0 Å². The van der Waals surface area contributed by atoms with Gasteiger partial charge in [0.2, 0.25) is 0 Å². The number of benzene rings is 1. The lowest BCUT2D eigenvalue weighted by atomic mass is 10.1. The maximum Gasteiger partial charge on any atom is 0.185 e. The number of rotatable bonds is 6. The van der Waals surface area contributed by atoms with E-state index < -0.39 is 0 Å². The van der Waals surface area contributed by atoms with Crippen molar-refractivity contribution in [1.82, 2.24) is 9.97 Å². The highest BCUT2D eigenvalue weighted by molar-refractivity contribution is 6.07. The summed E-state index contributed by atoms with van der Waals surface area (Å²) in [4.78, 5) is 31.8. The molecule has 2 aromatic heterocycles. The molecular formula is C22H16N2O2. The zero-order valence-electron chi connectivity index (χ0n) is 13.9. The highest BCUT2D eigenvalue weighted by Crippen LogP contribution is 2.10. The van der Waals surface area contributed by atoms with Crippen molar-refractivity contribution < 1.29 is 9.59 Å². The smallest absolute Gasteiger partial charge is 0.185 e. The van der Waals surface area contributed by atoms with Crippen LogP contribution >= 0.6 is 0 Å². The lowest BCUT2D eigenvalue weighted by Crippen LogP contribution is -1.93. The summed E-state index contributed by atoms with van der Waals surface area (Å²) < 4.78 is 0. The van der Waals surface area contributed by atoms with Gasteiger partial charge < -0.3 is 0 Å². The van der Waals surface area contributed by atoms with Crippen LogP contribution < -0.4 is 0 Å². The first kappa shape index (κ1) is 17.2. The van der Waals surface area contributed by atoms with Crippen LogP contribution in [-0.2, 0) is 0 Å². The van der Waals surface area contributed by atoms with Gasteiger partial charge in [-0.05, 0) is 47.5 Å². The number of ketones is 2. The second kappa shape index (κ2) is 8.44. The number of carbonyl (C=O) groups is 2. The van der Waals surface area contributed by atoms with Crippen molar-refractivity contribution in [1.29, 1.82) is 0 Å². The molecule has 0 radical (unpaired) electrons. The number of aromatic nitrogens is 2. The molecule has 1 aromatic carbocycles. The maximum absolute atomic E-state index is 12.0. The Hall–Kier alpha value is -3.66. The number of nitrogens with zero attached hydrogens (tertiary/aromatic N) is 2. The molecule has 4 nitrogen and oxygen atoms in total. The van der Waals surface area contributed by atoms with E-state index in [1.165, 1.54) is 12.2 Å². The van der Waals surface area contributed by atoms with Crippen LogP contribution in [0.2, 0.25) is 0 Å². The molecule has 3 rings (SSSR count). The molecule has 0 fully saturated rings. The van der Waals surface area contributed by atoms with Gasteiger partial charge in [-0.3, -0.25) is 19.6 Å². The standard InChI is InChI=1S/C22H16N2O2/c25-21(19-9-13-23-14-10-19)7-5-17-1-2-18(4-3-17)6-8-22(26)20-11-15-24-16-12-20/h1-16H. The van der Waals surface area contributed by atoms with E-state index in [0.29, 0.717) is 11.1 Å². The average molecular weight is 340 g/mol. The van der Waals surface area contributed by atoms with E-state index in [9.17, 15) is 9.59 Å². The molecule has 0 atom stereocenters. The van der Waals surface area contributed by atoms with Crippen LogP contribution in [0.1, 0.15) is 31.8 Å². The molecule has 4 heteroatoms. The largest absolute Gasteiger partial charge is 0.289 e. The van der Waals surface area contributed by atoms with E-state index >= 15 is 0 Å². The van der Waals surface area contributed by atoms with Gasteiger partial charge in [0.05, 0.1) is 0 Å². The monoisotopic (exact) mass is 340 g/mol. The Labute approximate surface area is 151 Å². The number of hydrogen-bond donors (Lipinski definition) is 0. The lowest BCUT2D eigenvalue weighted by Gasteiger charge is -1.97. The third kappa shape index (κ3) is 4.68. The third-order valence-corrected chi connectivity index (χ3v) is 3.72. The highest BCUT2D eigenvalue weighted by Gasteiger charge is 2.01. The van der Waals surface area contributed by atoms with Crippen LogP contribution in [0.4, 0.5) is 0 Å². The Morgan fingerprint density at radius 1 is 0.577 bits per heavy atom. The molecule has 0 saturated heterocycles. The molecule has 0 saturated carbocycles. The molecule has 2 heterocycles. The summed E-state index contributed by atoms with van der Waals surface area (Å²) in [7, 11) is 0. The van der Waals surface area contributed by atoms with Crippen molar-refractivity contribution in [2.75, 3.05) is 0 Å². The maximum atomic E-state index is 12.0. The first-order valence-electron chi connectivity index (χ1n) is 8.07. The summed E-state index contributed by atoms with van der Waals surface area (Å²) in [5.41, 5.74) is 3.02. The van der Waals surface area contributed by atoms with Crippen LogP contribution in [0.15, 0.2) is 85.5 Å². The van der Waals surface area contributed by atoms with E-state index in [1.807, 2.05) is 24.3 Å². The Morgan fingerprint density at radius 3 is 1.27 bits per heavy atom. The molecule has 0 aliphatic rings. The van der Waals surface area contributed by atoms with Gasteiger partial charge in [0.25, 0.3) is 0 Å². The number of carbonyl (C=O) groups excluding carboxylic acids is 2. The first-order valence-corrected chi connectivity index (χ1v) is 8.07. The van der Waals surface area contributed by atoms with Gasteiger partial charge >= 0.3 is 0 Å². The van der Waals surface area contributed by atoms with Crippen molar-refractivity contribution >= 4 is 23.7 Å². The van der Waals surface area contributed by atoms with Crippen molar-refractivity contribution in [2.24, 2.45) is 0 Å². The normalized spacial score (nSPS) is 11.1. The minimum absolute atomic E-state index is 0.0701. The van der Waals surface area contributed by atoms with E-state index in [1.54, 1.807) is 61.2 Å². The van der Waals surface area contributed by atoms with E-state index in [0.717, 1.165) is 11.1 Å². The fourth-order valence-electron chi connectivity index (χ4n) is 2.29. The number of hydrogen-bond acceptors (Lipinski definition) is 4. The van der Waals surface area contributed by atoms with Crippen molar-refractivity contribution in [2.45, 2.75) is 0 Å². The molecule has 126 valence electrons. The molecule has 0 aliphatic carbocycles. The Kier molecular flexibility index (Phi) is 5.58. The summed E-state index contributed by atoms with van der Waals surface area (Å²) in [5.74, 6) is -0.140. The quantitative estimate of drug-likeness (QED) is 0.497.